The second-order valence-electron chi connectivity index (χ2n) is 4.61. The van der Waals surface area contributed by atoms with Gasteiger partial charge in [-0.15, -0.1) is 0 Å². The summed E-state index contributed by atoms with van der Waals surface area (Å²) < 4.78 is 0. The van der Waals surface area contributed by atoms with E-state index in [4.69, 9.17) is 0 Å². The molecule has 0 aliphatic rings. The summed E-state index contributed by atoms with van der Waals surface area (Å²) in [7, 11) is 0. The molecule has 0 aliphatic carbocycles. The molecule has 1 atom stereocenters. The van der Waals surface area contributed by atoms with Crippen molar-refractivity contribution in [2.45, 2.75) is 58.1 Å². The number of thiol groups is 1. The Morgan fingerprint density at radius 3 is 2.28 bits per heavy atom. The molecule has 0 heterocycles. The van der Waals surface area contributed by atoms with Gasteiger partial charge < -0.3 is 0 Å². The van der Waals surface area contributed by atoms with Crippen LogP contribution in [0.3, 0.4) is 0 Å². The van der Waals surface area contributed by atoms with Crippen molar-refractivity contribution in [3.05, 3.63) is 42.0 Å². The van der Waals surface area contributed by atoms with Crippen LogP contribution in [0.4, 0.5) is 0 Å². The summed E-state index contributed by atoms with van der Waals surface area (Å²) in [5.41, 5.74) is 1.26. The van der Waals surface area contributed by atoms with Gasteiger partial charge >= 0.3 is 0 Å². The molecule has 0 spiro atoms. The molecule has 0 fully saturated rings. The predicted molar refractivity (Wildman–Crippen MR) is 88.4 cm³/mol. The molecular weight excluding hydrogens is 236 g/mol. The van der Waals surface area contributed by atoms with Gasteiger partial charge in [0.05, 0.1) is 0 Å². The molecule has 0 radical (unpaired) electrons. The third-order valence-electron chi connectivity index (χ3n) is 2.63. The first-order valence-corrected chi connectivity index (χ1v) is 7.58. The average molecular weight is 264 g/mol. The lowest BCUT2D eigenvalue weighted by Gasteiger charge is -2.01. The van der Waals surface area contributed by atoms with Crippen molar-refractivity contribution in [1.29, 1.82) is 0 Å². The van der Waals surface area contributed by atoms with Gasteiger partial charge in [-0.25, -0.2) is 0 Å². The van der Waals surface area contributed by atoms with Gasteiger partial charge in [-0.1, -0.05) is 82.0 Å². The SMILES string of the molecule is CC=Cc1ccccc1.CCCCCCC(C)S. The van der Waals surface area contributed by atoms with E-state index in [0.717, 1.165) is 0 Å². The zero-order chi connectivity index (χ0) is 13.6. The minimum atomic E-state index is 0.599. The van der Waals surface area contributed by atoms with Crippen molar-refractivity contribution in [2.75, 3.05) is 0 Å². The fourth-order valence-electron chi connectivity index (χ4n) is 1.62. The second-order valence-corrected chi connectivity index (χ2v) is 5.49. The first kappa shape index (κ1) is 17.3. The van der Waals surface area contributed by atoms with Crippen molar-refractivity contribution >= 4 is 18.7 Å². The number of hydrogen-bond donors (Lipinski definition) is 1. The summed E-state index contributed by atoms with van der Waals surface area (Å²) in [4.78, 5) is 0. The number of hydrogen-bond acceptors (Lipinski definition) is 1. The second kappa shape index (κ2) is 12.8. The highest BCUT2D eigenvalue weighted by atomic mass is 32.1. The van der Waals surface area contributed by atoms with Gasteiger partial charge in [0.15, 0.2) is 0 Å². The van der Waals surface area contributed by atoms with Gasteiger partial charge in [-0.2, -0.15) is 12.6 Å². The van der Waals surface area contributed by atoms with Gasteiger partial charge in [-0.05, 0) is 24.2 Å². The summed E-state index contributed by atoms with van der Waals surface area (Å²) >= 11 is 4.30. The Labute approximate surface area is 119 Å². The molecule has 0 N–H and O–H groups in total. The van der Waals surface area contributed by atoms with Gasteiger partial charge in [0, 0.05) is 0 Å². The molecule has 0 saturated carbocycles. The molecule has 1 aromatic rings. The Bertz CT molecular complexity index is 288. The maximum atomic E-state index is 4.30. The molecule has 0 nitrogen and oxygen atoms in total. The van der Waals surface area contributed by atoms with Gasteiger partial charge in [-0.3, -0.25) is 0 Å². The lowest BCUT2D eigenvalue weighted by molar-refractivity contribution is 0.632. The van der Waals surface area contributed by atoms with Crippen molar-refractivity contribution in [3.63, 3.8) is 0 Å². The van der Waals surface area contributed by atoms with E-state index in [2.05, 4.69) is 44.7 Å². The van der Waals surface area contributed by atoms with Crippen LogP contribution in [0, 0.1) is 0 Å². The van der Waals surface area contributed by atoms with Crippen molar-refractivity contribution in [2.24, 2.45) is 0 Å². The minimum absolute atomic E-state index is 0.599. The van der Waals surface area contributed by atoms with Crippen molar-refractivity contribution < 1.29 is 0 Å². The normalized spacial score (nSPS) is 12.0. The first-order valence-electron chi connectivity index (χ1n) is 7.06. The number of benzene rings is 1. The largest absolute Gasteiger partial charge is 0.176 e. The van der Waals surface area contributed by atoms with Crippen LogP contribution in [-0.4, -0.2) is 5.25 Å². The Morgan fingerprint density at radius 2 is 1.78 bits per heavy atom. The van der Waals surface area contributed by atoms with Crippen LogP contribution in [0.25, 0.3) is 6.08 Å². The standard InChI is InChI=1S/C9H10.C8H18S/c1-2-6-9-7-4-3-5-8-9;1-3-4-5-6-7-8(2)9/h2-8H,1H3;8-9H,3-7H2,1-2H3. The monoisotopic (exact) mass is 264 g/mol. The quantitative estimate of drug-likeness (QED) is 0.473. The molecular formula is C17H28S. The van der Waals surface area contributed by atoms with Crippen LogP contribution in [0.2, 0.25) is 0 Å². The zero-order valence-electron chi connectivity index (χ0n) is 12.1. The molecule has 0 aromatic heterocycles. The van der Waals surface area contributed by atoms with Gasteiger partial charge in [0.25, 0.3) is 0 Å². The van der Waals surface area contributed by atoms with E-state index < -0.39 is 0 Å². The van der Waals surface area contributed by atoms with E-state index >= 15 is 0 Å². The van der Waals surface area contributed by atoms with Crippen molar-refractivity contribution in [3.8, 4) is 0 Å². The summed E-state index contributed by atoms with van der Waals surface area (Å²) in [6.45, 7) is 6.42. The minimum Gasteiger partial charge on any atom is -0.176 e. The van der Waals surface area contributed by atoms with E-state index in [0.29, 0.717) is 5.25 Å². The first-order chi connectivity index (χ1) is 8.70. The van der Waals surface area contributed by atoms with E-state index in [1.807, 2.05) is 31.2 Å². The van der Waals surface area contributed by atoms with Crippen LogP contribution in [0.1, 0.15) is 58.4 Å². The topological polar surface area (TPSA) is 0 Å². The number of rotatable bonds is 6. The lowest BCUT2D eigenvalue weighted by Crippen LogP contribution is -1.89. The van der Waals surface area contributed by atoms with Crippen LogP contribution < -0.4 is 0 Å². The fraction of sp³-hybridized carbons (Fsp3) is 0.529. The molecule has 0 bridgehead atoms. The smallest absolute Gasteiger partial charge is 0.00116 e. The molecule has 0 amide bonds. The highest BCUT2D eigenvalue weighted by molar-refractivity contribution is 7.80. The van der Waals surface area contributed by atoms with E-state index in [1.54, 1.807) is 0 Å². The predicted octanol–water partition coefficient (Wildman–Crippen LogP) is 5.99. The average Bonchev–Trinajstić information content (AvgIpc) is 2.37. The summed E-state index contributed by atoms with van der Waals surface area (Å²) in [5.74, 6) is 0. The molecule has 1 rings (SSSR count). The molecule has 1 heteroatoms. The molecule has 1 aromatic carbocycles. The highest BCUT2D eigenvalue weighted by Gasteiger charge is 1.92. The van der Waals surface area contributed by atoms with E-state index in [-0.39, 0.29) is 0 Å². The summed E-state index contributed by atoms with van der Waals surface area (Å²) in [6.07, 6.45) is 10.9. The molecule has 0 aliphatic heterocycles. The Balaban J connectivity index is 0.000000321. The molecule has 102 valence electrons. The number of allylic oxidation sites excluding steroid dienone is 1. The maximum absolute atomic E-state index is 4.30. The Kier molecular flexibility index (Phi) is 12.3. The van der Waals surface area contributed by atoms with Crippen LogP contribution in [-0.2, 0) is 0 Å². The summed E-state index contributed by atoms with van der Waals surface area (Å²) in [5, 5.41) is 0.599. The summed E-state index contributed by atoms with van der Waals surface area (Å²) in [6, 6.07) is 10.3. The lowest BCUT2D eigenvalue weighted by atomic mass is 10.1. The van der Waals surface area contributed by atoms with Crippen molar-refractivity contribution in [1.82, 2.24) is 0 Å². The third kappa shape index (κ3) is 11.8. The Morgan fingerprint density at radius 1 is 1.11 bits per heavy atom. The highest BCUT2D eigenvalue weighted by Crippen LogP contribution is 2.08. The zero-order valence-corrected chi connectivity index (χ0v) is 13.0. The molecule has 18 heavy (non-hydrogen) atoms. The molecule has 1 unspecified atom stereocenters. The maximum Gasteiger partial charge on any atom is -0.00116 e. The molecule has 0 saturated heterocycles. The van der Waals surface area contributed by atoms with E-state index in [1.165, 1.54) is 37.7 Å². The van der Waals surface area contributed by atoms with Crippen LogP contribution >= 0.6 is 12.6 Å². The van der Waals surface area contributed by atoms with Crippen LogP contribution in [0.15, 0.2) is 36.4 Å². The third-order valence-corrected chi connectivity index (χ3v) is 2.89. The fourth-order valence-corrected chi connectivity index (χ4v) is 1.81. The number of unbranched alkanes of at least 4 members (excludes halogenated alkanes) is 3. The Hall–Kier alpha value is -0.690. The van der Waals surface area contributed by atoms with E-state index in [9.17, 15) is 0 Å². The van der Waals surface area contributed by atoms with Crippen LogP contribution in [0.5, 0.6) is 0 Å². The van der Waals surface area contributed by atoms with Gasteiger partial charge in [0.2, 0.25) is 0 Å². The van der Waals surface area contributed by atoms with Gasteiger partial charge in [0.1, 0.15) is 0 Å².